The van der Waals surface area contributed by atoms with E-state index in [1.165, 1.54) is 18.2 Å². The van der Waals surface area contributed by atoms with E-state index in [9.17, 15) is 4.79 Å². The zero-order chi connectivity index (χ0) is 13.7. The van der Waals surface area contributed by atoms with E-state index in [4.69, 9.17) is 4.74 Å². The number of hydrogen-bond donors (Lipinski definition) is 1. The van der Waals surface area contributed by atoms with Gasteiger partial charge in [-0.3, -0.25) is 4.79 Å². The summed E-state index contributed by atoms with van der Waals surface area (Å²) in [5.74, 6) is 0.408. The number of methoxy groups -OCH3 is 1. The average Bonchev–Trinajstić information content (AvgIpc) is 2.42. The second kappa shape index (κ2) is 6.71. The van der Waals surface area contributed by atoms with Crippen LogP contribution in [0.5, 0.6) is 0 Å². The van der Waals surface area contributed by atoms with Crippen LogP contribution in [0.4, 0.5) is 0 Å². The second-order valence-electron chi connectivity index (χ2n) is 5.23. The molecule has 1 aromatic carbocycles. The summed E-state index contributed by atoms with van der Waals surface area (Å²) in [6.07, 6.45) is 4.12. The third kappa shape index (κ3) is 3.35. The van der Waals surface area contributed by atoms with Crippen molar-refractivity contribution >= 4 is 5.97 Å². The van der Waals surface area contributed by atoms with Gasteiger partial charge in [-0.05, 0) is 24.0 Å². The molecule has 1 aromatic rings. The Morgan fingerprint density at radius 1 is 1.47 bits per heavy atom. The Morgan fingerprint density at radius 3 is 2.95 bits per heavy atom. The molecule has 0 saturated heterocycles. The Morgan fingerprint density at radius 2 is 2.26 bits per heavy atom. The number of rotatable bonds is 7. The van der Waals surface area contributed by atoms with Crippen molar-refractivity contribution in [2.24, 2.45) is 0 Å². The summed E-state index contributed by atoms with van der Waals surface area (Å²) < 4.78 is 4.86. The maximum Gasteiger partial charge on any atom is 0.322 e. The van der Waals surface area contributed by atoms with Gasteiger partial charge in [0, 0.05) is 12.5 Å². The lowest BCUT2D eigenvalue weighted by atomic mass is 9.77. The van der Waals surface area contributed by atoms with Gasteiger partial charge in [-0.15, -0.1) is 0 Å². The largest absolute Gasteiger partial charge is 0.468 e. The molecular formula is C16H23NO2. The topological polar surface area (TPSA) is 38.3 Å². The maximum atomic E-state index is 11.7. The highest BCUT2D eigenvalue weighted by Crippen LogP contribution is 2.34. The predicted octanol–water partition coefficient (Wildman–Crippen LogP) is 2.65. The molecule has 3 nitrogen and oxygen atoms in total. The van der Waals surface area contributed by atoms with Gasteiger partial charge in [0.05, 0.1) is 7.11 Å². The number of carbonyl (C=O) groups is 1. The van der Waals surface area contributed by atoms with Gasteiger partial charge in [0.2, 0.25) is 0 Å². The molecule has 0 aromatic heterocycles. The lowest BCUT2D eigenvalue weighted by molar-refractivity contribution is -0.143. The van der Waals surface area contributed by atoms with Crippen LogP contribution in [0.15, 0.2) is 24.3 Å². The summed E-state index contributed by atoms with van der Waals surface area (Å²) >= 11 is 0. The first kappa shape index (κ1) is 14.1. The van der Waals surface area contributed by atoms with Crippen molar-refractivity contribution in [1.29, 1.82) is 0 Å². The van der Waals surface area contributed by atoms with E-state index < -0.39 is 0 Å². The molecule has 104 valence electrons. The number of hydrogen-bond acceptors (Lipinski definition) is 3. The van der Waals surface area contributed by atoms with E-state index in [2.05, 4.69) is 36.5 Å². The molecule has 0 amide bonds. The van der Waals surface area contributed by atoms with Gasteiger partial charge in [-0.1, -0.05) is 44.0 Å². The van der Waals surface area contributed by atoms with Crippen molar-refractivity contribution in [2.45, 2.75) is 44.6 Å². The fraction of sp³-hybridized carbons (Fsp3) is 0.562. The monoisotopic (exact) mass is 261 g/mol. The van der Waals surface area contributed by atoms with Crippen LogP contribution in [0.25, 0.3) is 0 Å². The van der Waals surface area contributed by atoms with Crippen molar-refractivity contribution in [1.82, 2.24) is 5.32 Å². The third-order valence-corrected chi connectivity index (χ3v) is 3.90. The highest BCUT2D eigenvalue weighted by Gasteiger charge is 2.27. The maximum absolute atomic E-state index is 11.7. The van der Waals surface area contributed by atoms with Crippen LogP contribution in [0.3, 0.4) is 0 Å². The van der Waals surface area contributed by atoms with E-state index in [-0.39, 0.29) is 12.0 Å². The number of esters is 1. The second-order valence-corrected chi connectivity index (χ2v) is 5.23. The van der Waals surface area contributed by atoms with E-state index in [0.29, 0.717) is 5.92 Å². The minimum Gasteiger partial charge on any atom is -0.468 e. The standard InChI is InChI=1S/C16H23NO2/c1-3-4-9-15(16(18)19-2)17-11-13-10-12-7-5-6-8-14(12)13/h5-8,13,15,17H,3-4,9-11H2,1-2H3. The molecule has 0 saturated carbocycles. The molecule has 2 rings (SSSR count). The molecule has 1 aliphatic carbocycles. The summed E-state index contributed by atoms with van der Waals surface area (Å²) in [5.41, 5.74) is 2.87. The van der Waals surface area contributed by atoms with Crippen LogP contribution in [0.1, 0.15) is 43.2 Å². The Kier molecular flexibility index (Phi) is 4.97. The fourth-order valence-electron chi connectivity index (χ4n) is 2.68. The van der Waals surface area contributed by atoms with Crippen LogP contribution in [0, 0.1) is 0 Å². The number of fused-ring (bicyclic) bond motifs is 1. The summed E-state index contributed by atoms with van der Waals surface area (Å²) in [6.45, 7) is 3.00. The van der Waals surface area contributed by atoms with Crippen LogP contribution in [0.2, 0.25) is 0 Å². The smallest absolute Gasteiger partial charge is 0.322 e. The Labute approximate surface area is 115 Å². The minimum atomic E-state index is -0.155. The first-order valence-corrected chi connectivity index (χ1v) is 7.15. The van der Waals surface area contributed by atoms with Crippen LogP contribution in [-0.4, -0.2) is 25.7 Å². The van der Waals surface area contributed by atoms with Crippen molar-refractivity contribution in [3.05, 3.63) is 35.4 Å². The molecule has 0 bridgehead atoms. The zero-order valence-electron chi connectivity index (χ0n) is 11.8. The lowest BCUT2D eigenvalue weighted by Gasteiger charge is -2.31. The summed E-state index contributed by atoms with van der Waals surface area (Å²) in [4.78, 5) is 11.7. The Hall–Kier alpha value is -1.35. The Bertz CT molecular complexity index is 431. The SMILES string of the molecule is CCCCC(NCC1Cc2ccccc21)C(=O)OC. The number of nitrogens with one attached hydrogen (secondary N) is 1. The molecule has 0 aliphatic heterocycles. The van der Waals surface area contributed by atoms with Gasteiger partial charge < -0.3 is 10.1 Å². The molecule has 1 aliphatic rings. The van der Waals surface area contributed by atoms with Gasteiger partial charge in [-0.2, -0.15) is 0 Å². The fourth-order valence-corrected chi connectivity index (χ4v) is 2.68. The summed E-state index contributed by atoms with van der Waals surface area (Å²) in [6, 6.07) is 8.38. The van der Waals surface area contributed by atoms with Crippen molar-refractivity contribution in [3.63, 3.8) is 0 Å². The highest BCUT2D eigenvalue weighted by molar-refractivity contribution is 5.75. The third-order valence-electron chi connectivity index (χ3n) is 3.90. The molecule has 3 heteroatoms. The van der Waals surface area contributed by atoms with Gasteiger partial charge in [0.15, 0.2) is 0 Å². The molecule has 19 heavy (non-hydrogen) atoms. The van der Waals surface area contributed by atoms with Gasteiger partial charge in [-0.25, -0.2) is 0 Å². The van der Waals surface area contributed by atoms with E-state index >= 15 is 0 Å². The molecule has 2 unspecified atom stereocenters. The van der Waals surface area contributed by atoms with E-state index in [1.54, 1.807) is 0 Å². The Balaban J connectivity index is 1.85. The lowest BCUT2D eigenvalue weighted by Crippen LogP contribution is -2.41. The molecule has 0 heterocycles. The molecule has 2 atom stereocenters. The van der Waals surface area contributed by atoms with Gasteiger partial charge >= 0.3 is 5.97 Å². The number of unbranched alkanes of at least 4 members (excludes halogenated alkanes) is 1. The molecule has 0 spiro atoms. The van der Waals surface area contributed by atoms with E-state index in [1.807, 2.05) is 0 Å². The van der Waals surface area contributed by atoms with Gasteiger partial charge in [0.25, 0.3) is 0 Å². The van der Waals surface area contributed by atoms with Crippen molar-refractivity contribution < 1.29 is 9.53 Å². The molecule has 0 radical (unpaired) electrons. The quantitative estimate of drug-likeness (QED) is 0.767. The predicted molar refractivity (Wildman–Crippen MR) is 76.2 cm³/mol. The number of carbonyl (C=O) groups excluding carboxylic acids is 1. The number of ether oxygens (including phenoxy) is 1. The highest BCUT2D eigenvalue weighted by atomic mass is 16.5. The molecule has 0 fully saturated rings. The normalized spacial score (nSPS) is 18.3. The van der Waals surface area contributed by atoms with Crippen LogP contribution in [-0.2, 0) is 16.0 Å². The summed E-state index contributed by atoms with van der Waals surface area (Å²) in [7, 11) is 1.46. The summed E-state index contributed by atoms with van der Waals surface area (Å²) in [5, 5.41) is 3.37. The van der Waals surface area contributed by atoms with Crippen LogP contribution >= 0.6 is 0 Å². The van der Waals surface area contributed by atoms with Crippen molar-refractivity contribution in [3.8, 4) is 0 Å². The molecule has 1 N–H and O–H groups in total. The van der Waals surface area contributed by atoms with Crippen LogP contribution < -0.4 is 5.32 Å². The zero-order valence-corrected chi connectivity index (χ0v) is 11.8. The van der Waals surface area contributed by atoms with E-state index in [0.717, 1.165) is 32.2 Å². The number of benzene rings is 1. The average molecular weight is 261 g/mol. The molecular weight excluding hydrogens is 238 g/mol. The van der Waals surface area contributed by atoms with Gasteiger partial charge in [0.1, 0.15) is 6.04 Å². The first-order chi connectivity index (χ1) is 9.26. The first-order valence-electron chi connectivity index (χ1n) is 7.15. The van der Waals surface area contributed by atoms with Crippen molar-refractivity contribution in [2.75, 3.05) is 13.7 Å². The minimum absolute atomic E-state index is 0.138.